The summed E-state index contributed by atoms with van der Waals surface area (Å²) in [6, 6.07) is 1.34. The fraction of sp³-hybridized carbons (Fsp3) is 1.00. The van der Waals surface area contributed by atoms with Crippen LogP contribution in [0.1, 0.15) is 40.0 Å². The summed E-state index contributed by atoms with van der Waals surface area (Å²) in [7, 11) is 6.59. The highest BCUT2D eigenvalue weighted by molar-refractivity contribution is 5.00. The fourth-order valence-corrected chi connectivity index (χ4v) is 3.07. The van der Waals surface area contributed by atoms with E-state index in [4.69, 9.17) is 0 Å². The van der Waals surface area contributed by atoms with Crippen LogP contribution in [0.2, 0.25) is 0 Å². The number of hydrogen-bond acceptors (Lipinski definition) is 3. The van der Waals surface area contributed by atoms with E-state index in [0.717, 1.165) is 19.6 Å². The monoisotopic (exact) mass is 255 g/mol. The smallest absolute Gasteiger partial charge is 0.0274 e. The second-order valence-electron chi connectivity index (χ2n) is 6.81. The molecule has 0 aliphatic heterocycles. The molecule has 0 spiro atoms. The van der Waals surface area contributed by atoms with E-state index in [1.807, 2.05) is 0 Å². The fourth-order valence-electron chi connectivity index (χ4n) is 3.07. The van der Waals surface area contributed by atoms with Gasteiger partial charge in [-0.15, -0.1) is 0 Å². The summed E-state index contributed by atoms with van der Waals surface area (Å²) in [6.07, 6.45) is 3.89. The van der Waals surface area contributed by atoms with Crippen molar-refractivity contribution in [1.29, 1.82) is 0 Å². The van der Waals surface area contributed by atoms with Gasteiger partial charge in [-0.2, -0.15) is 0 Å². The average Bonchev–Trinajstić information content (AvgIpc) is 2.59. The van der Waals surface area contributed by atoms with Gasteiger partial charge >= 0.3 is 0 Å². The first kappa shape index (κ1) is 15.9. The first-order valence-electron chi connectivity index (χ1n) is 7.47. The summed E-state index contributed by atoms with van der Waals surface area (Å²) in [6.45, 7) is 10.5. The molecular formula is C15H33N3. The molecule has 1 N–H and O–H groups in total. The molecule has 0 heterocycles. The molecule has 0 saturated heterocycles. The molecule has 0 amide bonds. The summed E-state index contributed by atoms with van der Waals surface area (Å²) >= 11 is 0. The molecule has 1 saturated carbocycles. The van der Waals surface area contributed by atoms with Crippen LogP contribution in [0.5, 0.6) is 0 Å². The Hall–Kier alpha value is -0.120. The number of nitrogens with zero attached hydrogens (tertiary/aromatic N) is 2. The second kappa shape index (κ2) is 6.88. The van der Waals surface area contributed by atoms with Gasteiger partial charge in [-0.25, -0.2) is 0 Å². The van der Waals surface area contributed by atoms with Crippen LogP contribution in [0, 0.1) is 5.41 Å². The molecular weight excluding hydrogens is 222 g/mol. The van der Waals surface area contributed by atoms with Gasteiger partial charge in [0.25, 0.3) is 0 Å². The van der Waals surface area contributed by atoms with Gasteiger partial charge in [0.1, 0.15) is 0 Å². The Kier molecular flexibility index (Phi) is 6.09. The Balaban J connectivity index is 2.56. The van der Waals surface area contributed by atoms with Crippen LogP contribution in [0.3, 0.4) is 0 Å². The SMILES string of the molecule is CCCNC1C(N(C)CCN(C)C)CCC1(C)C. The van der Waals surface area contributed by atoms with Crippen LogP contribution in [0.25, 0.3) is 0 Å². The van der Waals surface area contributed by atoms with Crippen molar-refractivity contribution in [2.24, 2.45) is 5.41 Å². The molecule has 0 aromatic heterocycles. The highest BCUT2D eigenvalue weighted by Crippen LogP contribution is 2.39. The van der Waals surface area contributed by atoms with E-state index in [2.05, 4.69) is 57.0 Å². The van der Waals surface area contributed by atoms with E-state index >= 15 is 0 Å². The molecule has 3 heteroatoms. The van der Waals surface area contributed by atoms with E-state index in [-0.39, 0.29) is 0 Å². The van der Waals surface area contributed by atoms with Gasteiger partial charge in [0.05, 0.1) is 0 Å². The third-order valence-corrected chi connectivity index (χ3v) is 4.39. The summed E-state index contributed by atoms with van der Waals surface area (Å²) in [5.74, 6) is 0. The first-order chi connectivity index (χ1) is 8.38. The van der Waals surface area contributed by atoms with Crippen LogP contribution in [0.4, 0.5) is 0 Å². The lowest BCUT2D eigenvalue weighted by Gasteiger charge is -2.36. The van der Waals surface area contributed by atoms with Gasteiger partial charge in [-0.05, 0) is 52.4 Å². The largest absolute Gasteiger partial charge is 0.312 e. The molecule has 1 aliphatic carbocycles. The van der Waals surface area contributed by atoms with Crippen LogP contribution in [-0.4, -0.2) is 62.7 Å². The lowest BCUT2D eigenvalue weighted by molar-refractivity contribution is 0.161. The maximum absolute atomic E-state index is 3.78. The molecule has 18 heavy (non-hydrogen) atoms. The molecule has 1 fully saturated rings. The Morgan fingerprint density at radius 2 is 1.83 bits per heavy atom. The Labute approximate surface area is 114 Å². The zero-order valence-electron chi connectivity index (χ0n) is 13.3. The van der Waals surface area contributed by atoms with E-state index in [9.17, 15) is 0 Å². The minimum Gasteiger partial charge on any atom is -0.312 e. The van der Waals surface area contributed by atoms with Crippen molar-refractivity contribution in [2.45, 2.75) is 52.1 Å². The van der Waals surface area contributed by atoms with E-state index in [0.29, 0.717) is 17.5 Å². The van der Waals surface area contributed by atoms with Crippen molar-refractivity contribution in [3.63, 3.8) is 0 Å². The molecule has 2 unspecified atom stereocenters. The Bertz CT molecular complexity index is 238. The minimum atomic E-state index is 0.437. The number of likely N-dealkylation sites (N-methyl/N-ethyl adjacent to an activating group) is 2. The number of rotatable bonds is 7. The van der Waals surface area contributed by atoms with Gasteiger partial charge in [-0.3, -0.25) is 0 Å². The van der Waals surface area contributed by atoms with Crippen molar-refractivity contribution >= 4 is 0 Å². The van der Waals surface area contributed by atoms with Gasteiger partial charge in [0.15, 0.2) is 0 Å². The number of hydrogen-bond donors (Lipinski definition) is 1. The van der Waals surface area contributed by atoms with Crippen molar-refractivity contribution < 1.29 is 0 Å². The van der Waals surface area contributed by atoms with Crippen LogP contribution in [-0.2, 0) is 0 Å². The summed E-state index contributed by atoms with van der Waals surface area (Å²) in [5.41, 5.74) is 0.437. The molecule has 1 aliphatic rings. The zero-order chi connectivity index (χ0) is 13.8. The lowest BCUT2D eigenvalue weighted by Crippen LogP contribution is -2.51. The average molecular weight is 255 g/mol. The predicted molar refractivity (Wildman–Crippen MR) is 80.1 cm³/mol. The van der Waals surface area contributed by atoms with E-state index < -0.39 is 0 Å². The third-order valence-electron chi connectivity index (χ3n) is 4.39. The third kappa shape index (κ3) is 4.22. The topological polar surface area (TPSA) is 18.5 Å². The molecule has 0 aromatic carbocycles. The molecule has 2 atom stereocenters. The van der Waals surface area contributed by atoms with Crippen LogP contribution in [0.15, 0.2) is 0 Å². The summed E-state index contributed by atoms with van der Waals surface area (Å²) in [4.78, 5) is 4.83. The van der Waals surface area contributed by atoms with E-state index in [1.54, 1.807) is 0 Å². The number of nitrogens with one attached hydrogen (secondary N) is 1. The van der Waals surface area contributed by atoms with Gasteiger partial charge in [-0.1, -0.05) is 20.8 Å². The molecule has 0 aromatic rings. The maximum Gasteiger partial charge on any atom is 0.0274 e. The van der Waals surface area contributed by atoms with E-state index in [1.165, 1.54) is 19.3 Å². The normalized spacial score (nSPS) is 27.3. The molecule has 0 radical (unpaired) electrons. The van der Waals surface area contributed by atoms with Gasteiger partial charge < -0.3 is 15.1 Å². The highest BCUT2D eigenvalue weighted by Gasteiger charge is 2.42. The molecule has 0 bridgehead atoms. The van der Waals surface area contributed by atoms with Crippen molar-refractivity contribution in [1.82, 2.24) is 15.1 Å². The molecule has 108 valence electrons. The Morgan fingerprint density at radius 1 is 1.17 bits per heavy atom. The molecule has 1 rings (SSSR count). The van der Waals surface area contributed by atoms with Crippen LogP contribution >= 0.6 is 0 Å². The Morgan fingerprint density at radius 3 is 2.39 bits per heavy atom. The highest BCUT2D eigenvalue weighted by atomic mass is 15.2. The maximum atomic E-state index is 3.78. The molecule has 3 nitrogen and oxygen atoms in total. The predicted octanol–water partition coefficient (Wildman–Crippen LogP) is 2.04. The zero-order valence-corrected chi connectivity index (χ0v) is 13.3. The second-order valence-corrected chi connectivity index (χ2v) is 6.81. The quantitative estimate of drug-likeness (QED) is 0.751. The first-order valence-corrected chi connectivity index (χ1v) is 7.47. The summed E-state index contributed by atoms with van der Waals surface area (Å²) < 4.78 is 0. The minimum absolute atomic E-state index is 0.437. The van der Waals surface area contributed by atoms with Crippen molar-refractivity contribution in [3.8, 4) is 0 Å². The van der Waals surface area contributed by atoms with Gasteiger partial charge in [0.2, 0.25) is 0 Å². The standard InChI is InChI=1S/C15H33N3/c1-7-10-16-14-13(8-9-15(14,2)3)18(6)12-11-17(4)5/h13-14,16H,7-12H2,1-6H3. The van der Waals surface area contributed by atoms with Crippen molar-refractivity contribution in [3.05, 3.63) is 0 Å². The van der Waals surface area contributed by atoms with Gasteiger partial charge in [0, 0.05) is 25.2 Å². The lowest BCUT2D eigenvalue weighted by atomic mass is 9.86. The van der Waals surface area contributed by atoms with Crippen molar-refractivity contribution in [2.75, 3.05) is 40.8 Å². The van der Waals surface area contributed by atoms with Crippen LogP contribution < -0.4 is 5.32 Å². The summed E-state index contributed by atoms with van der Waals surface area (Å²) in [5, 5.41) is 3.78.